The minimum Gasteiger partial charge on any atom is -0.481 e. The van der Waals surface area contributed by atoms with Gasteiger partial charge in [-0.2, -0.15) is 0 Å². The van der Waals surface area contributed by atoms with Crippen LogP contribution in [0.4, 0.5) is 0 Å². The van der Waals surface area contributed by atoms with E-state index in [1.54, 1.807) is 0 Å². The predicted molar refractivity (Wildman–Crippen MR) is 73.8 cm³/mol. The van der Waals surface area contributed by atoms with Gasteiger partial charge in [0.2, 0.25) is 0 Å². The molecule has 1 N–H and O–H groups in total. The Morgan fingerprint density at radius 1 is 1.06 bits per heavy atom. The summed E-state index contributed by atoms with van der Waals surface area (Å²) in [6.07, 6.45) is 0. The second kappa shape index (κ2) is 4.45. The van der Waals surface area contributed by atoms with Gasteiger partial charge in [0.05, 0.1) is 5.92 Å². The molecule has 0 radical (unpaired) electrons. The molecule has 0 aromatic heterocycles. The lowest BCUT2D eigenvalue weighted by Gasteiger charge is -2.27. The van der Waals surface area contributed by atoms with E-state index in [4.69, 9.17) is 0 Å². The number of rotatable bonds is 2. The maximum atomic E-state index is 11.5. The molecule has 2 aromatic carbocycles. The number of carboxylic acids is 1. The first-order chi connectivity index (χ1) is 8.39. The standard InChI is InChI=1S/C16H18O2/c1-16(2,3)14(15(17)18)13-9-8-11-6-4-5-7-12(11)10-13/h4-10,14H,1-3H3,(H,17,18). The molecule has 0 fully saturated rings. The first-order valence-electron chi connectivity index (χ1n) is 6.11. The summed E-state index contributed by atoms with van der Waals surface area (Å²) < 4.78 is 0. The highest BCUT2D eigenvalue weighted by Gasteiger charge is 2.32. The number of carbonyl (C=O) groups is 1. The lowest BCUT2D eigenvalue weighted by molar-refractivity contribution is -0.141. The lowest BCUT2D eigenvalue weighted by Crippen LogP contribution is -2.26. The molecule has 18 heavy (non-hydrogen) atoms. The SMILES string of the molecule is CC(C)(C)C(C(=O)O)c1ccc2ccccc2c1. The molecule has 2 nitrogen and oxygen atoms in total. The van der Waals surface area contributed by atoms with E-state index in [9.17, 15) is 9.90 Å². The molecule has 1 atom stereocenters. The summed E-state index contributed by atoms with van der Waals surface area (Å²) in [5, 5.41) is 11.7. The van der Waals surface area contributed by atoms with Crippen molar-refractivity contribution in [2.75, 3.05) is 0 Å². The van der Waals surface area contributed by atoms with Crippen LogP contribution in [0.1, 0.15) is 32.3 Å². The maximum absolute atomic E-state index is 11.5. The third-order valence-electron chi connectivity index (χ3n) is 3.22. The van der Waals surface area contributed by atoms with E-state index in [-0.39, 0.29) is 5.41 Å². The second-order valence-electron chi connectivity index (χ2n) is 5.74. The largest absolute Gasteiger partial charge is 0.481 e. The number of aliphatic carboxylic acids is 1. The van der Waals surface area contributed by atoms with Crippen LogP contribution >= 0.6 is 0 Å². The van der Waals surface area contributed by atoms with Crippen molar-refractivity contribution in [2.24, 2.45) is 5.41 Å². The summed E-state index contributed by atoms with van der Waals surface area (Å²) in [7, 11) is 0. The zero-order chi connectivity index (χ0) is 13.3. The minimum absolute atomic E-state index is 0.297. The van der Waals surface area contributed by atoms with Crippen molar-refractivity contribution in [1.29, 1.82) is 0 Å². The number of hydrogen-bond acceptors (Lipinski definition) is 1. The first-order valence-corrected chi connectivity index (χ1v) is 6.11. The van der Waals surface area contributed by atoms with Gasteiger partial charge in [0.1, 0.15) is 0 Å². The Hall–Kier alpha value is -1.83. The molecule has 0 bridgehead atoms. The Kier molecular flexibility index (Phi) is 3.12. The van der Waals surface area contributed by atoms with E-state index in [1.165, 1.54) is 0 Å². The average molecular weight is 242 g/mol. The number of carboxylic acid groups (broad SMARTS) is 1. The molecule has 0 saturated heterocycles. The molecule has 0 spiro atoms. The van der Waals surface area contributed by atoms with E-state index in [1.807, 2.05) is 63.2 Å². The molecule has 2 heteroatoms. The van der Waals surface area contributed by atoms with Gasteiger partial charge in [-0.3, -0.25) is 4.79 Å². The molecule has 2 rings (SSSR count). The summed E-state index contributed by atoms with van der Waals surface area (Å²) in [6, 6.07) is 13.9. The summed E-state index contributed by atoms with van der Waals surface area (Å²) in [5.41, 5.74) is 0.572. The van der Waals surface area contributed by atoms with Gasteiger partial charge in [-0.25, -0.2) is 0 Å². The van der Waals surface area contributed by atoms with Crippen LogP contribution in [0.15, 0.2) is 42.5 Å². The Morgan fingerprint density at radius 3 is 2.22 bits per heavy atom. The summed E-state index contributed by atoms with van der Waals surface area (Å²) in [5.74, 6) is -1.25. The van der Waals surface area contributed by atoms with Gasteiger partial charge >= 0.3 is 5.97 Å². The van der Waals surface area contributed by atoms with Crippen LogP contribution in [0, 0.1) is 5.41 Å². The molecule has 0 aliphatic rings. The van der Waals surface area contributed by atoms with Gasteiger partial charge in [-0.1, -0.05) is 63.2 Å². The van der Waals surface area contributed by atoms with Gasteiger partial charge < -0.3 is 5.11 Å². The van der Waals surface area contributed by atoms with E-state index in [0.29, 0.717) is 0 Å². The Labute approximate surface area is 107 Å². The highest BCUT2D eigenvalue weighted by molar-refractivity contribution is 5.85. The number of benzene rings is 2. The van der Waals surface area contributed by atoms with Gasteiger partial charge in [0.15, 0.2) is 0 Å². The summed E-state index contributed by atoms with van der Waals surface area (Å²) >= 11 is 0. The highest BCUT2D eigenvalue weighted by atomic mass is 16.4. The van der Waals surface area contributed by atoms with Crippen molar-refractivity contribution in [1.82, 2.24) is 0 Å². The zero-order valence-electron chi connectivity index (χ0n) is 11.0. The highest BCUT2D eigenvalue weighted by Crippen LogP contribution is 2.36. The van der Waals surface area contributed by atoms with E-state index in [2.05, 4.69) is 0 Å². The molecule has 94 valence electrons. The normalized spacial score (nSPS) is 13.5. The second-order valence-corrected chi connectivity index (χ2v) is 5.74. The lowest BCUT2D eigenvalue weighted by atomic mass is 9.76. The molecule has 0 aliphatic heterocycles. The molecule has 2 aromatic rings. The minimum atomic E-state index is -0.766. The number of fused-ring (bicyclic) bond motifs is 1. The molecule has 1 unspecified atom stereocenters. The number of hydrogen-bond donors (Lipinski definition) is 1. The summed E-state index contributed by atoms with van der Waals surface area (Å²) in [6.45, 7) is 5.88. The molecule has 0 aliphatic carbocycles. The van der Waals surface area contributed by atoms with Crippen LogP contribution in [0.2, 0.25) is 0 Å². The quantitative estimate of drug-likeness (QED) is 0.862. The molecular weight excluding hydrogens is 224 g/mol. The fraction of sp³-hybridized carbons (Fsp3) is 0.312. The van der Waals surface area contributed by atoms with Gasteiger partial charge in [-0.05, 0) is 21.8 Å². The van der Waals surface area contributed by atoms with Crippen LogP contribution in [-0.2, 0) is 4.79 Å². The molecule has 0 amide bonds. The van der Waals surface area contributed by atoms with Crippen molar-refractivity contribution in [3.8, 4) is 0 Å². The van der Waals surface area contributed by atoms with Crippen molar-refractivity contribution in [2.45, 2.75) is 26.7 Å². The fourth-order valence-electron chi connectivity index (χ4n) is 2.40. The Balaban J connectivity index is 2.55. The fourth-order valence-corrected chi connectivity index (χ4v) is 2.40. The average Bonchev–Trinajstić information content (AvgIpc) is 2.26. The van der Waals surface area contributed by atoms with Crippen molar-refractivity contribution >= 4 is 16.7 Å². The van der Waals surface area contributed by atoms with Crippen molar-refractivity contribution < 1.29 is 9.90 Å². The Bertz CT molecular complexity index is 579. The topological polar surface area (TPSA) is 37.3 Å². The Morgan fingerprint density at radius 2 is 1.67 bits per heavy atom. The predicted octanol–water partition coefficient (Wildman–Crippen LogP) is 4.05. The van der Waals surface area contributed by atoms with Crippen LogP contribution in [-0.4, -0.2) is 11.1 Å². The molecule has 0 heterocycles. The van der Waals surface area contributed by atoms with E-state index < -0.39 is 11.9 Å². The third-order valence-corrected chi connectivity index (χ3v) is 3.22. The summed E-state index contributed by atoms with van der Waals surface area (Å²) in [4.78, 5) is 11.5. The maximum Gasteiger partial charge on any atom is 0.311 e. The first kappa shape index (κ1) is 12.6. The van der Waals surface area contributed by atoms with Crippen LogP contribution in [0.5, 0.6) is 0 Å². The zero-order valence-corrected chi connectivity index (χ0v) is 11.0. The van der Waals surface area contributed by atoms with Crippen LogP contribution in [0.25, 0.3) is 10.8 Å². The van der Waals surface area contributed by atoms with Crippen LogP contribution < -0.4 is 0 Å². The van der Waals surface area contributed by atoms with E-state index >= 15 is 0 Å². The molecule has 0 saturated carbocycles. The van der Waals surface area contributed by atoms with Crippen molar-refractivity contribution in [3.05, 3.63) is 48.0 Å². The monoisotopic (exact) mass is 242 g/mol. The third kappa shape index (κ3) is 2.37. The van der Waals surface area contributed by atoms with Crippen molar-refractivity contribution in [3.63, 3.8) is 0 Å². The van der Waals surface area contributed by atoms with E-state index in [0.717, 1.165) is 16.3 Å². The van der Waals surface area contributed by atoms with Gasteiger partial charge in [0.25, 0.3) is 0 Å². The van der Waals surface area contributed by atoms with Crippen LogP contribution in [0.3, 0.4) is 0 Å². The van der Waals surface area contributed by atoms with Gasteiger partial charge in [-0.15, -0.1) is 0 Å². The molecular formula is C16H18O2. The smallest absolute Gasteiger partial charge is 0.311 e. The van der Waals surface area contributed by atoms with Gasteiger partial charge in [0, 0.05) is 0 Å².